The second-order valence-corrected chi connectivity index (χ2v) is 5.57. The maximum atomic E-state index is 12.7. The molecule has 2 N–H and O–H groups in total. The van der Waals surface area contributed by atoms with Gasteiger partial charge in [-0.15, -0.1) is 0 Å². The lowest BCUT2D eigenvalue weighted by atomic mass is 10.1. The van der Waals surface area contributed by atoms with E-state index in [0.717, 1.165) is 0 Å². The zero-order valence-corrected chi connectivity index (χ0v) is 13.8. The maximum Gasteiger partial charge on any atom is 0.123 e. The van der Waals surface area contributed by atoms with Gasteiger partial charge in [0.1, 0.15) is 18.2 Å². The average molecular weight is 333 g/mol. The Morgan fingerprint density at radius 3 is 2.46 bits per heavy atom. The number of ether oxygens (including phenoxy) is 2. The van der Waals surface area contributed by atoms with Crippen LogP contribution in [0.15, 0.2) is 54.6 Å². The van der Waals surface area contributed by atoms with Crippen molar-refractivity contribution in [2.45, 2.75) is 19.1 Å². The highest BCUT2D eigenvalue weighted by atomic mass is 19.1. The number of halogens is 1. The van der Waals surface area contributed by atoms with E-state index >= 15 is 0 Å². The van der Waals surface area contributed by atoms with E-state index < -0.39 is 6.10 Å². The van der Waals surface area contributed by atoms with Gasteiger partial charge in [0, 0.05) is 12.6 Å². The molecule has 0 bridgehead atoms. The van der Waals surface area contributed by atoms with Crippen LogP contribution in [0.3, 0.4) is 0 Å². The summed E-state index contributed by atoms with van der Waals surface area (Å²) in [5.41, 5.74) is 1.18. The lowest BCUT2D eigenvalue weighted by molar-refractivity contribution is 0.0242. The first kappa shape index (κ1) is 18.4. The van der Waals surface area contributed by atoms with E-state index in [1.165, 1.54) is 17.7 Å². The van der Waals surface area contributed by atoms with E-state index in [1.54, 1.807) is 12.1 Å². The molecule has 0 heterocycles. The van der Waals surface area contributed by atoms with Gasteiger partial charge in [-0.2, -0.15) is 0 Å². The lowest BCUT2D eigenvalue weighted by Gasteiger charge is -2.17. The van der Waals surface area contributed by atoms with Crippen molar-refractivity contribution in [3.63, 3.8) is 0 Å². The molecule has 0 aliphatic carbocycles. The summed E-state index contributed by atoms with van der Waals surface area (Å²) < 4.78 is 23.5. The normalized spacial score (nSPS) is 13.5. The number of hydrogen-bond acceptors (Lipinski definition) is 4. The summed E-state index contributed by atoms with van der Waals surface area (Å²) >= 11 is 0. The van der Waals surface area contributed by atoms with E-state index in [4.69, 9.17) is 9.47 Å². The third-order valence-electron chi connectivity index (χ3n) is 3.58. The van der Waals surface area contributed by atoms with Gasteiger partial charge in [0.05, 0.1) is 19.3 Å². The number of rotatable bonds is 10. The summed E-state index contributed by atoms with van der Waals surface area (Å²) in [4.78, 5) is 0. The van der Waals surface area contributed by atoms with Crippen molar-refractivity contribution in [1.29, 1.82) is 0 Å². The number of hydrogen-bond donors (Lipinski definition) is 2. The third-order valence-corrected chi connectivity index (χ3v) is 3.58. The highest BCUT2D eigenvalue weighted by molar-refractivity contribution is 5.22. The molecule has 0 aliphatic rings. The molecule has 0 aliphatic heterocycles. The van der Waals surface area contributed by atoms with Crippen LogP contribution in [0.25, 0.3) is 0 Å². The van der Waals surface area contributed by atoms with Crippen molar-refractivity contribution in [3.8, 4) is 5.75 Å². The third kappa shape index (κ3) is 6.66. The van der Waals surface area contributed by atoms with E-state index in [1.807, 2.05) is 30.3 Å². The lowest BCUT2D eigenvalue weighted by Crippen LogP contribution is -2.32. The van der Waals surface area contributed by atoms with Crippen LogP contribution in [-0.2, 0) is 4.74 Å². The molecule has 2 atom stereocenters. The molecule has 0 spiro atoms. The minimum Gasteiger partial charge on any atom is -0.491 e. The Kier molecular flexibility index (Phi) is 7.68. The Labute approximate surface area is 142 Å². The summed E-state index contributed by atoms with van der Waals surface area (Å²) in [5, 5.41) is 13.2. The first-order chi connectivity index (χ1) is 11.6. The topological polar surface area (TPSA) is 50.7 Å². The van der Waals surface area contributed by atoms with Crippen LogP contribution in [-0.4, -0.2) is 37.6 Å². The van der Waals surface area contributed by atoms with Crippen LogP contribution in [0.5, 0.6) is 5.75 Å². The first-order valence-electron chi connectivity index (χ1n) is 8.07. The van der Waals surface area contributed by atoms with Gasteiger partial charge in [0.15, 0.2) is 0 Å². The second kappa shape index (κ2) is 10.0. The molecule has 2 aromatic carbocycles. The van der Waals surface area contributed by atoms with Gasteiger partial charge in [-0.3, -0.25) is 0 Å². The molecule has 2 rings (SSSR count). The van der Waals surface area contributed by atoms with Crippen LogP contribution in [0.4, 0.5) is 4.39 Å². The average Bonchev–Trinajstić information content (AvgIpc) is 2.61. The minimum atomic E-state index is -0.581. The zero-order chi connectivity index (χ0) is 17.2. The van der Waals surface area contributed by atoms with Crippen LogP contribution in [0, 0.1) is 5.82 Å². The van der Waals surface area contributed by atoms with Crippen molar-refractivity contribution < 1.29 is 19.0 Å². The van der Waals surface area contributed by atoms with Crippen molar-refractivity contribution in [2.75, 3.05) is 26.4 Å². The molecule has 0 fully saturated rings. The molecular formula is C19H24FNO3. The van der Waals surface area contributed by atoms with Gasteiger partial charge in [-0.1, -0.05) is 30.3 Å². The Hall–Kier alpha value is -1.95. The highest BCUT2D eigenvalue weighted by Crippen LogP contribution is 2.11. The molecule has 24 heavy (non-hydrogen) atoms. The van der Waals surface area contributed by atoms with Gasteiger partial charge in [-0.05, 0) is 36.8 Å². The summed E-state index contributed by atoms with van der Waals surface area (Å²) in [6.07, 6.45) is -0.581. The highest BCUT2D eigenvalue weighted by Gasteiger charge is 2.08. The fourth-order valence-electron chi connectivity index (χ4n) is 2.20. The number of benzene rings is 2. The predicted molar refractivity (Wildman–Crippen MR) is 91.6 cm³/mol. The SMILES string of the molecule is CC(NCC(O)COCCOc1ccc(F)cc1)c1ccccc1. The molecule has 2 aromatic rings. The first-order valence-corrected chi connectivity index (χ1v) is 8.07. The molecule has 0 radical (unpaired) electrons. The van der Waals surface area contributed by atoms with Crippen LogP contribution < -0.4 is 10.1 Å². The van der Waals surface area contributed by atoms with Crippen molar-refractivity contribution >= 4 is 0 Å². The number of nitrogens with one attached hydrogen (secondary N) is 1. The summed E-state index contributed by atoms with van der Waals surface area (Å²) in [6.45, 7) is 3.46. The quantitative estimate of drug-likeness (QED) is 0.657. The Balaban J connectivity index is 1.55. The smallest absolute Gasteiger partial charge is 0.123 e. The van der Waals surface area contributed by atoms with Crippen molar-refractivity contribution in [2.24, 2.45) is 0 Å². The molecule has 0 aromatic heterocycles. The van der Waals surface area contributed by atoms with Crippen LogP contribution in [0.1, 0.15) is 18.5 Å². The molecule has 4 nitrogen and oxygen atoms in total. The minimum absolute atomic E-state index is 0.169. The predicted octanol–water partition coefficient (Wildman–Crippen LogP) is 2.93. The Bertz CT molecular complexity index is 577. The van der Waals surface area contributed by atoms with Crippen LogP contribution >= 0.6 is 0 Å². The molecular weight excluding hydrogens is 309 g/mol. The molecule has 0 amide bonds. The van der Waals surface area contributed by atoms with E-state index in [9.17, 15) is 9.50 Å². The Morgan fingerprint density at radius 1 is 1.04 bits per heavy atom. The van der Waals surface area contributed by atoms with Gasteiger partial charge >= 0.3 is 0 Å². The van der Waals surface area contributed by atoms with Crippen molar-refractivity contribution in [1.82, 2.24) is 5.32 Å². The van der Waals surface area contributed by atoms with E-state index in [-0.39, 0.29) is 18.5 Å². The second-order valence-electron chi connectivity index (χ2n) is 5.57. The number of aliphatic hydroxyl groups is 1. The van der Waals surface area contributed by atoms with Gasteiger partial charge in [-0.25, -0.2) is 4.39 Å². The summed E-state index contributed by atoms with van der Waals surface area (Å²) in [6, 6.07) is 16.1. The standard InChI is InChI=1S/C19H24FNO3/c1-15(16-5-3-2-4-6-16)21-13-18(22)14-23-11-12-24-19-9-7-17(20)8-10-19/h2-10,15,18,21-22H,11-14H2,1H3. The van der Waals surface area contributed by atoms with Gasteiger partial charge in [0.2, 0.25) is 0 Å². The molecule has 0 saturated carbocycles. The Morgan fingerprint density at radius 2 is 1.75 bits per heavy atom. The fraction of sp³-hybridized carbons (Fsp3) is 0.368. The fourth-order valence-corrected chi connectivity index (χ4v) is 2.20. The maximum absolute atomic E-state index is 12.7. The molecule has 130 valence electrons. The van der Waals surface area contributed by atoms with Crippen LogP contribution in [0.2, 0.25) is 0 Å². The zero-order valence-electron chi connectivity index (χ0n) is 13.8. The molecule has 0 saturated heterocycles. The van der Waals surface area contributed by atoms with Gasteiger partial charge < -0.3 is 19.9 Å². The molecule has 2 unspecified atom stereocenters. The van der Waals surface area contributed by atoms with E-state index in [0.29, 0.717) is 25.5 Å². The van der Waals surface area contributed by atoms with E-state index in [2.05, 4.69) is 12.2 Å². The largest absolute Gasteiger partial charge is 0.491 e. The van der Waals surface area contributed by atoms with Crippen molar-refractivity contribution in [3.05, 3.63) is 66.0 Å². The summed E-state index contributed by atoms with van der Waals surface area (Å²) in [5.74, 6) is 0.304. The summed E-state index contributed by atoms with van der Waals surface area (Å²) in [7, 11) is 0. The monoisotopic (exact) mass is 333 g/mol. The molecule has 5 heteroatoms. The van der Waals surface area contributed by atoms with Gasteiger partial charge in [0.25, 0.3) is 0 Å². The number of aliphatic hydroxyl groups excluding tert-OH is 1.